The first kappa shape index (κ1) is 14.1. The maximum Gasteiger partial charge on any atom is 0.138 e. The number of thioether (sulfide) groups is 1. The number of rotatable bonds is 6. The van der Waals surface area contributed by atoms with E-state index in [1.807, 2.05) is 30.5 Å². The second kappa shape index (κ2) is 6.73. The highest BCUT2D eigenvalue weighted by atomic mass is 32.2. The van der Waals surface area contributed by atoms with E-state index >= 15 is 0 Å². The highest BCUT2D eigenvalue weighted by molar-refractivity contribution is 7.99. The summed E-state index contributed by atoms with van der Waals surface area (Å²) in [4.78, 5) is 5.63. The molecule has 0 fully saturated rings. The number of hydrogen-bond acceptors (Lipinski definition) is 4. The van der Waals surface area contributed by atoms with Crippen LogP contribution < -0.4 is 5.32 Å². The van der Waals surface area contributed by atoms with E-state index in [1.165, 1.54) is 10.5 Å². The number of nitrogens with one attached hydrogen (secondary N) is 1. The Kier molecular flexibility index (Phi) is 4.99. The summed E-state index contributed by atoms with van der Waals surface area (Å²) < 4.78 is 1.84. The second-order valence-electron chi connectivity index (χ2n) is 4.57. The maximum atomic E-state index is 4.28. The topological polar surface area (TPSA) is 42.7 Å². The second-order valence-corrected chi connectivity index (χ2v) is 5.63. The molecule has 1 heterocycles. The average Bonchev–Trinajstić information content (AvgIpc) is 2.81. The summed E-state index contributed by atoms with van der Waals surface area (Å²) in [5, 5.41) is 7.46. The third-order valence-corrected chi connectivity index (χ3v) is 4.51. The van der Waals surface area contributed by atoms with Gasteiger partial charge in [0.1, 0.15) is 12.2 Å². The molecule has 1 unspecified atom stereocenters. The quantitative estimate of drug-likeness (QED) is 0.820. The van der Waals surface area contributed by atoms with Crippen LogP contribution in [0, 0.1) is 6.92 Å². The lowest BCUT2D eigenvalue weighted by atomic mass is 10.2. The van der Waals surface area contributed by atoms with Crippen molar-refractivity contribution in [3.05, 3.63) is 42.0 Å². The van der Waals surface area contributed by atoms with E-state index in [-0.39, 0.29) is 0 Å². The van der Waals surface area contributed by atoms with Crippen LogP contribution in [0.2, 0.25) is 0 Å². The zero-order chi connectivity index (χ0) is 13.7. The molecule has 0 aliphatic rings. The van der Waals surface area contributed by atoms with Gasteiger partial charge in [0.25, 0.3) is 0 Å². The van der Waals surface area contributed by atoms with Gasteiger partial charge in [0, 0.05) is 30.2 Å². The zero-order valence-corrected chi connectivity index (χ0v) is 12.4. The summed E-state index contributed by atoms with van der Waals surface area (Å²) in [6.07, 6.45) is 2.50. The van der Waals surface area contributed by atoms with Gasteiger partial charge in [0.2, 0.25) is 0 Å². The van der Waals surface area contributed by atoms with Crippen LogP contribution in [-0.4, -0.2) is 33.6 Å². The molecular weight excluding hydrogens is 256 g/mol. The molecule has 1 atom stereocenters. The number of nitrogens with zero attached hydrogens (tertiary/aromatic N) is 3. The minimum absolute atomic E-state index is 0.396. The maximum absolute atomic E-state index is 4.28. The lowest BCUT2D eigenvalue weighted by molar-refractivity contribution is 0.573. The molecule has 102 valence electrons. The van der Waals surface area contributed by atoms with E-state index in [2.05, 4.69) is 46.6 Å². The molecule has 0 bridgehead atoms. The van der Waals surface area contributed by atoms with Crippen LogP contribution in [0.4, 0.5) is 0 Å². The predicted molar refractivity (Wildman–Crippen MR) is 79.5 cm³/mol. The fourth-order valence-electron chi connectivity index (χ4n) is 1.88. The van der Waals surface area contributed by atoms with E-state index in [0.29, 0.717) is 6.04 Å². The van der Waals surface area contributed by atoms with Crippen molar-refractivity contribution in [2.75, 3.05) is 12.8 Å². The summed E-state index contributed by atoms with van der Waals surface area (Å²) in [6.45, 7) is 2.15. The van der Waals surface area contributed by atoms with Crippen molar-refractivity contribution in [2.45, 2.75) is 24.3 Å². The molecular formula is C14H20N4S. The van der Waals surface area contributed by atoms with E-state index < -0.39 is 0 Å². The van der Waals surface area contributed by atoms with Crippen molar-refractivity contribution < 1.29 is 0 Å². The first-order chi connectivity index (χ1) is 9.20. The van der Waals surface area contributed by atoms with Gasteiger partial charge in [0.05, 0.1) is 0 Å². The van der Waals surface area contributed by atoms with E-state index in [0.717, 1.165) is 18.0 Å². The number of aryl methyl sites for hydroxylation is 2. The van der Waals surface area contributed by atoms with Gasteiger partial charge >= 0.3 is 0 Å². The van der Waals surface area contributed by atoms with E-state index in [1.54, 1.807) is 6.33 Å². The van der Waals surface area contributed by atoms with Crippen molar-refractivity contribution >= 4 is 11.8 Å². The third kappa shape index (κ3) is 3.81. The molecule has 0 aliphatic heterocycles. The Balaban J connectivity index is 1.93. The van der Waals surface area contributed by atoms with Crippen LogP contribution in [0.1, 0.15) is 11.4 Å². The smallest absolute Gasteiger partial charge is 0.138 e. The SMILES string of the molecule is CNC(CSc1ccccc1C)Cc1ncnn1C. The molecule has 0 saturated carbocycles. The van der Waals surface area contributed by atoms with Crippen LogP contribution in [0.5, 0.6) is 0 Å². The Morgan fingerprint density at radius 2 is 2.16 bits per heavy atom. The van der Waals surface area contributed by atoms with Crippen LogP contribution in [0.3, 0.4) is 0 Å². The van der Waals surface area contributed by atoms with Crippen LogP contribution in [0.25, 0.3) is 0 Å². The van der Waals surface area contributed by atoms with Gasteiger partial charge in [-0.3, -0.25) is 4.68 Å². The lowest BCUT2D eigenvalue weighted by Crippen LogP contribution is -2.31. The Hall–Kier alpha value is -1.33. The summed E-state index contributed by atoms with van der Waals surface area (Å²) in [5.41, 5.74) is 1.33. The molecule has 1 N–H and O–H groups in total. The van der Waals surface area contributed by atoms with Crippen LogP contribution in [0.15, 0.2) is 35.5 Å². The first-order valence-corrected chi connectivity index (χ1v) is 7.38. The normalized spacial score (nSPS) is 12.6. The molecule has 1 aromatic heterocycles. The van der Waals surface area contributed by atoms with Gasteiger partial charge in [0.15, 0.2) is 0 Å². The van der Waals surface area contributed by atoms with Crippen molar-refractivity contribution in [3.63, 3.8) is 0 Å². The molecule has 0 spiro atoms. The standard InChI is InChI=1S/C14H20N4S/c1-11-6-4-5-7-13(11)19-9-12(15-2)8-14-16-10-17-18(14)3/h4-7,10,12,15H,8-9H2,1-3H3. The van der Waals surface area contributed by atoms with Crippen molar-refractivity contribution in [1.82, 2.24) is 20.1 Å². The fourth-order valence-corrected chi connectivity index (χ4v) is 3.01. The summed E-state index contributed by atoms with van der Waals surface area (Å²) in [5.74, 6) is 2.04. The molecule has 0 aliphatic carbocycles. The first-order valence-electron chi connectivity index (χ1n) is 6.39. The predicted octanol–water partition coefficient (Wildman–Crippen LogP) is 2.05. The summed E-state index contributed by atoms with van der Waals surface area (Å²) >= 11 is 1.89. The highest BCUT2D eigenvalue weighted by Gasteiger charge is 2.12. The van der Waals surface area contributed by atoms with Gasteiger partial charge in [-0.15, -0.1) is 11.8 Å². The van der Waals surface area contributed by atoms with E-state index in [4.69, 9.17) is 0 Å². The fraction of sp³-hybridized carbons (Fsp3) is 0.429. The van der Waals surface area contributed by atoms with Gasteiger partial charge < -0.3 is 5.32 Å². The highest BCUT2D eigenvalue weighted by Crippen LogP contribution is 2.22. The molecule has 0 radical (unpaired) electrons. The third-order valence-electron chi connectivity index (χ3n) is 3.18. The van der Waals surface area contributed by atoms with Crippen molar-refractivity contribution in [3.8, 4) is 0 Å². The van der Waals surface area contributed by atoms with Gasteiger partial charge in [-0.05, 0) is 25.6 Å². The molecule has 1 aromatic carbocycles. The Bertz CT molecular complexity index is 524. The molecule has 0 saturated heterocycles. The monoisotopic (exact) mass is 276 g/mol. The minimum Gasteiger partial charge on any atom is -0.316 e. The van der Waals surface area contributed by atoms with E-state index in [9.17, 15) is 0 Å². The average molecular weight is 276 g/mol. The van der Waals surface area contributed by atoms with Crippen LogP contribution in [-0.2, 0) is 13.5 Å². The van der Waals surface area contributed by atoms with Crippen LogP contribution >= 0.6 is 11.8 Å². The Labute approximate surface area is 118 Å². The van der Waals surface area contributed by atoms with Gasteiger partial charge in [-0.2, -0.15) is 5.10 Å². The molecule has 4 nitrogen and oxygen atoms in total. The molecule has 5 heteroatoms. The number of hydrogen-bond donors (Lipinski definition) is 1. The molecule has 2 aromatic rings. The van der Waals surface area contributed by atoms with Gasteiger partial charge in [-0.1, -0.05) is 18.2 Å². The van der Waals surface area contributed by atoms with Crippen molar-refractivity contribution in [1.29, 1.82) is 0 Å². The Morgan fingerprint density at radius 3 is 2.79 bits per heavy atom. The number of likely N-dealkylation sites (N-methyl/N-ethyl adjacent to an activating group) is 1. The van der Waals surface area contributed by atoms with Crippen molar-refractivity contribution in [2.24, 2.45) is 7.05 Å². The molecule has 19 heavy (non-hydrogen) atoms. The number of benzene rings is 1. The molecule has 0 amide bonds. The Morgan fingerprint density at radius 1 is 1.37 bits per heavy atom. The lowest BCUT2D eigenvalue weighted by Gasteiger charge is -2.15. The minimum atomic E-state index is 0.396. The summed E-state index contributed by atoms with van der Waals surface area (Å²) in [7, 11) is 3.93. The molecule has 2 rings (SSSR count). The van der Waals surface area contributed by atoms with Gasteiger partial charge in [-0.25, -0.2) is 4.98 Å². The zero-order valence-electron chi connectivity index (χ0n) is 11.6. The number of aromatic nitrogens is 3. The summed E-state index contributed by atoms with van der Waals surface area (Å²) in [6, 6.07) is 8.89. The largest absolute Gasteiger partial charge is 0.316 e.